The Bertz CT molecular complexity index is 1230. The van der Waals surface area contributed by atoms with Crippen molar-refractivity contribution in [3.63, 3.8) is 0 Å². The number of ketones is 1. The number of carbonyl (C=O) groups excluding carboxylic acids is 2. The summed E-state index contributed by atoms with van der Waals surface area (Å²) < 4.78 is 5.83. The molecular weight excluding hydrogens is 406 g/mol. The van der Waals surface area contributed by atoms with E-state index in [1.807, 2.05) is 73.7 Å². The number of rotatable bonds is 5. The number of amides is 1. The number of hydrogen-bond acceptors (Lipinski definition) is 6. The number of Topliss-reactive ketones (excluding diaryl/α,β-unsaturated/α-hetero) is 1. The molecule has 0 spiro atoms. The van der Waals surface area contributed by atoms with Gasteiger partial charge in [0.2, 0.25) is 5.82 Å². The number of hydrogen-bond donors (Lipinski definition) is 2. The smallest absolute Gasteiger partial charge is 0.309 e. The van der Waals surface area contributed by atoms with Crippen LogP contribution in [0, 0.1) is 5.92 Å². The van der Waals surface area contributed by atoms with Crippen molar-refractivity contribution in [1.82, 2.24) is 25.6 Å². The Morgan fingerprint density at radius 1 is 1.16 bits per heavy atom. The van der Waals surface area contributed by atoms with Crippen LogP contribution in [0.4, 0.5) is 0 Å². The topological polar surface area (TPSA) is 100 Å². The quantitative estimate of drug-likeness (QED) is 0.650. The highest BCUT2D eigenvalue weighted by molar-refractivity contribution is 6.05. The number of carbonyl (C=O) groups is 2. The molecule has 1 aromatic heterocycles. The minimum atomic E-state index is -0.519. The third-order valence-electron chi connectivity index (χ3n) is 5.40. The van der Waals surface area contributed by atoms with E-state index in [0.717, 1.165) is 16.7 Å². The van der Waals surface area contributed by atoms with Gasteiger partial charge in [-0.3, -0.25) is 20.1 Å². The summed E-state index contributed by atoms with van der Waals surface area (Å²) in [6, 6.07) is 19.5. The molecule has 1 amide bonds. The molecule has 1 aliphatic heterocycles. The molecule has 2 aromatic carbocycles. The predicted octanol–water partition coefficient (Wildman–Crippen LogP) is 2.84. The van der Waals surface area contributed by atoms with Crippen LogP contribution in [0.15, 0.2) is 78.2 Å². The van der Waals surface area contributed by atoms with E-state index in [-0.39, 0.29) is 24.3 Å². The third-order valence-corrected chi connectivity index (χ3v) is 5.40. The van der Waals surface area contributed by atoms with Crippen molar-refractivity contribution in [3.8, 4) is 0 Å². The Morgan fingerprint density at radius 2 is 1.88 bits per heavy atom. The lowest BCUT2D eigenvalue weighted by atomic mass is 9.89. The molecule has 0 saturated carbocycles. The largest absolute Gasteiger partial charge is 0.468 e. The summed E-state index contributed by atoms with van der Waals surface area (Å²) in [5.41, 5.74) is 5.90. The van der Waals surface area contributed by atoms with E-state index in [1.54, 1.807) is 0 Å². The third kappa shape index (κ3) is 3.66. The Balaban J connectivity index is 1.35. The molecule has 8 heteroatoms. The van der Waals surface area contributed by atoms with E-state index in [9.17, 15) is 9.59 Å². The fourth-order valence-electron chi connectivity index (χ4n) is 3.82. The van der Waals surface area contributed by atoms with Gasteiger partial charge in [-0.25, -0.2) is 9.99 Å². The van der Waals surface area contributed by atoms with Gasteiger partial charge in [-0.1, -0.05) is 73.7 Å². The molecule has 160 valence electrons. The van der Waals surface area contributed by atoms with Crippen LogP contribution in [-0.2, 0) is 16.0 Å². The Morgan fingerprint density at radius 3 is 2.62 bits per heavy atom. The van der Waals surface area contributed by atoms with Crippen molar-refractivity contribution in [2.45, 2.75) is 13.3 Å². The standard InChI is InChI=1S/C24H21N5O3/c1-15-12-18(17-10-6-3-7-11-17)22-20(21(15)30)29(14-32-22)28-24(31)23-25-19(26-27-23)13-16-8-4-2-5-9-16/h2-12,15H,13-14H2,1H3,(H,28,31)(H,25,26,27)/t15-/m0/s1. The van der Waals surface area contributed by atoms with Crippen LogP contribution >= 0.6 is 0 Å². The number of aromatic amines is 1. The van der Waals surface area contributed by atoms with E-state index >= 15 is 0 Å². The van der Waals surface area contributed by atoms with Crippen molar-refractivity contribution in [3.05, 3.63) is 101 Å². The molecule has 1 atom stereocenters. The zero-order chi connectivity index (χ0) is 22.1. The van der Waals surface area contributed by atoms with Gasteiger partial charge in [0.05, 0.1) is 0 Å². The number of benzene rings is 2. The Kier molecular flexibility index (Phi) is 5.03. The van der Waals surface area contributed by atoms with Crippen LogP contribution in [0.5, 0.6) is 0 Å². The predicted molar refractivity (Wildman–Crippen MR) is 117 cm³/mol. The SMILES string of the molecule is C[C@H]1C=C(c2ccccc2)C2=C(C1=O)N(NC(=O)c1n[nH]c(Cc3ccccc3)n1)CO2. The summed E-state index contributed by atoms with van der Waals surface area (Å²) in [5, 5.41) is 8.26. The fraction of sp³-hybridized carbons (Fsp3) is 0.167. The first-order valence-electron chi connectivity index (χ1n) is 10.3. The van der Waals surface area contributed by atoms with Crippen molar-refractivity contribution < 1.29 is 14.3 Å². The maximum atomic E-state index is 12.9. The van der Waals surface area contributed by atoms with E-state index in [2.05, 4.69) is 20.6 Å². The second-order valence-corrected chi connectivity index (χ2v) is 7.69. The molecule has 2 aliphatic rings. The lowest BCUT2D eigenvalue weighted by Crippen LogP contribution is -2.43. The number of nitrogens with one attached hydrogen (secondary N) is 2. The van der Waals surface area contributed by atoms with E-state index in [0.29, 0.717) is 23.7 Å². The first kappa shape index (κ1) is 19.7. The van der Waals surface area contributed by atoms with Gasteiger partial charge in [0, 0.05) is 17.9 Å². The lowest BCUT2D eigenvalue weighted by molar-refractivity contribution is -0.119. The summed E-state index contributed by atoms with van der Waals surface area (Å²) in [5.74, 6) is 0.0764. The summed E-state index contributed by atoms with van der Waals surface area (Å²) >= 11 is 0. The lowest BCUT2D eigenvalue weighted by Gasteiger charge is -2.23. The minimum absolute atomic E-state index is 0.000105. The highest BCUT2D eigenvalue weighted by atomic mass is 16.5. The molecule has 2 N–H and O–H groups in total. The van der Waals surface area contributed by atoms with Gasteiger partial charge in [0.1, 0.15) is 11.5 Å². The highest BCUT2D eigenvalue weighted by Gasteiger charge is 2.38. The summed E-state index contributed by atoms with van der Waals surface area (Å²) in [6.07, 6.45) is 2.43. The number of ether oxygens (including phenoxy) is 1. The Labute approximate surface area is 184 Å². The van der Waals surface area contributed by atoms with Crippen LogP contribution in [-0.4, -0.2) is 38.6 Å². The van der Waals surface area contributed by atoms with Crippen molar-refractivity contribution in [2.24, 2.45) is 5.92 Å². The fourth-order valence-corrected chi connectivity index (χ4v) is 3.82. The average Bonchev–Trinajstić information content (AvgIpc) is 3.45. The van der Waals surface area contributed by atoms with E-state index in [1.165, 1.54) is 5.01 Å². The molecule has 32 heavy (non-hydrogen) atoms. The molecule has 0 radical (unpaired) electrons. The maximum absolute atomic E-state index is 12.9. The van der Waals surface area contributed by atoms with Crippen LogP contribution in [0.2, 0.25) is 0 Å². The zero-order valence-corrected chi connectivity index (χ0v) is 17.4. The molecule has 3 aromatic rings. The number of hydrazine groups is 1. The molecule has 0 bridgehead atoms. The van der Waals surface area contributed by atoms with Crippen molar-refractivity contribution in [2.75, 3.05) is 6.73 Å². The monoisotopic (exact) mass is 427 g/mol. The number of aromatic nitrogens is 3. The average molecular weight is 427 g/mol. The summed E-state index contributed by atoms with van der Waals surface area (Å²) in [4.78, 5) is 30.0. The van der Waals surface area contributed by atoms with E-state index in [4.69, 9.17) is 4.74 Å². The van der Waals surface area contributed by atoms with Crippen LogP contribution in [0.3, 0.4) is 0 Å². The molecular formula is C24H21N5O3. The van der Waals surface area contributed by atoms with Crippen LogP contribution in [0.1, 0.15) is 34.5 Å². The van der Waals surface area contributed by atoms with Gasteiger partial charge >= 0.3 is 5.91 Å². The maximum Gasteiger partial charge on any atom is 0.309 e. The van der Waals surface area contributed by atoms with Crippen molar-refractivity contribution in [1.29, 1.82) is 0 Å². The minimum Gasteiger partial charge on any atom is -0.468 e. The molecule has 0 fully saturated rings. The first-order valence-corrected chi connectivity index (χ1v) is 10.3. The summed E-state index contributed by atoms with van der Waals surface area (Å²) in [6.45, 7) is 1.86. The molecule has 0 unspecified atom stereocenters. The number of allylic oxidation sites excluding steroid dienone is 3. The molecule has 1 aliphatic carbocycles. The molecule has 2 heterocycles. The van der Waals surface area contributed by atoms with E-state index < -0.39 is 5.91 Å². The normalized spacial score (nSPS) is 17.7. The van der Waals surface area contributed by atoms with Gasteiger partial charge in [-0.05, 0) is 11.1 Å². The van der Waals surface area contributed by atoms with Crippen molar-refractivity contribution >= 4 is 17.3 Å². The number of H-pyrrole nitrogens is 1. The second kappa shape index (κ2) is 8.14. The highest BCUT2D eigenvalue weighted by Crippen LogP contribution is 2.38. The summed E-state index contributed by atoms with van der Waals surface area (Å²) in [7, 11) is 0. The van der Waals surface area contributed by atoms with Crippen LogP contribution in [0.25, 0.3) is 5.57 Å². The van der Waals surface area contributed by atoms with Gasteiger partial charge in [0.25, 0.3) is 0 Å². The number of nitrogens with zero attached hydrogens (tertiary/aromatic N) is 3. The van der Waals surface area contributed by atoms with Gasteiger partial charge in [0.15, 0.2) is 18.3 Å². The first-order chi connectivity index (χ1) is 15.6. The molecule has 8 nitrogen and oxygen atoms in total. The van der Waals surface area contributed by atoms with Gasteiger partial charge in [-0.2, -0.15) is 0 Å². The molecule has 5 rings (SSSR count). The molecule has 0 saturated heterocycles. The zero-order valence-electron chi connectivity index (χ0n) is 17.4. The van der Waals surface area contributed by atoms with Gasteiger partial charge < -0.3 is 4.74 Å². The van der Waals surface area contributed by atoms with Gasteiger partial charge in [-0.15, -0.1) is 5.10 Å². The Hall–Kier alpha value is -4.20. The second-order valence-electron chi connectivity index (χ2n) is 7.69. The van der Waals surface area contributed by atoms with Crippen LogP contribution < -0.4 is 5.43 Å².